The predicted molar refractivity (Wildman–Crippen MR) is 109 cm³/mol. The van der Waals surface area contributed by atoms with Crippen molar-refractivity contribution in [2.45, 2.75) is 24.3 Å². The summed E-state index contributed by atoms with van der Waals surface area (Å²) in [5.74, 6) is 0.798. The second-order valence-electron chi connectivity index (χ2n) is 7.35. The average molecular weight is 426 g/mol. The van der Waals surface area contributed by atoms with Crippen molar-refractivity contribution in [3.05, 3.63) is 66.3 Å². The Kier molecular flexibility index (Phi) is 4.44. The fourth-order valence-corrected chi connectivity index (χ4v) is 5.50. The summed E-state index contributed by atoms with van der Waals surface area (Å²) < 4.78 is 48.8. The van der Waals surface area contributed by atoms with Crippen LogP contribution in [0, 0.1) is 12.7 Å². The van der Waals surface area contributed by atoms with Gasteiger partial charge in [0.2, 0.25) is 10.0 Å². The second kappa shape index (κ2) is 7.03. The van der Waals surface area contributed by atoms with Gasteiger partial charge in [-0.1, -0.05) is 0 Å². The van der Waals surface area contributed by atoms with Crippen molar-refractivity contribution in [3.8, 4) is 11.6 Å². The first-order chi connectivity index (χ1) is 14.4. The van der Waals surface area contributed by atoms with E-state index < -0.39 is 15.8 Å². The van der Waals surface area contributed by atoms with Crippen LogP contribution in [0.15, 0.2) is 64.2 Å². The summed E-state index contributed by atoms with van der Waals surface area (Å²) >= 11 is 0. The number of pyridine rings is 1. The van der Waals surface area contributed by atoms with Gasteiger partial charge in [0, 0.05) is 19.3 Å². The van der Waals surface area contributed by atoms with Crippen molar-refractivity contribution < 1.29 is 17.2 Å². The maximum Gasteiger partial charge on any atom is 0.243 e. The summed E-state index contributed by atoms with van der Waals surface area (Å²) in [6.45, 7) is 2.18. The van der Waals surface area contributed by atoms with Gasteiger partial charge in [0.25, 0.3) is 0 Å². The van der Waals surface area contributed by atoms with E-state index in [1.807, 2.05) is 22.8 Å². The van der Waals surface area contributed by atoms with Crippen LogP contribution >= 0.6 is 0 Å². The Labute approximate surface area is 172 Å². The van der Waals surface area contributed by atoms with Crippen molar-refractivity contribution in [1.82, 2.24) is 18.8 Å². The first-order valence-electron chi connectivity index (χ1n) is 9.58. The van der Waals surface area contributed by atoms with Crippen LogP contribution in [0.5, 0.6) is 0 Å². The van der Waals surface area contributed by atoms with Gasteiger partial charge >= 0.3 is 0 Å². The molecule has 0 saturated carbocycles. The van der Waals surface area contributed by atoms with Crippen LogP contribution in [-0.4, -0.2) is 40.3 Å². The lowest BCUT2D eigenvalue weighted by Gasteiger charge is -2.18. The van der Waals surface area contributed by atoms with Crippen molar-refractivity contribution in [3.63, 3.8) is 0 Å². The van der Waals surface area contributed by atoms with Crippen LogP contribution in [0.2, 0.25) is 0 Å². The molecule has 7 nitrogen and oxygen atoms in total. The molecule has 30 heavy (non-hydrogen) atoms. The largest absolute Gasteiger partial charge is 0.461 e. The molecule has 1 atom stereocenters. The van der Waals surface area contributed by atoms with Crippen LogP contribution in [-0.2, 0) is 10.0 Å². The van der Waals surface area contributed by atoms with Gasteiger partial charge in [-0.3, -0.25) is 0 Å². The highest BCUT2D eigenvalue weighted by molar-refractivity contribution is 7.89. The molecule has 0 N–H and O–H groups in total. The fraction of sp³-hybridized carbons (Fsp3) is 0.238. The summed E-state index contributed by atoms with van der Waals surface area (Å²) in [5, 5.41) is 0. The van der Waals surface area contributed by atoms with Gasteiger partial charge in [0.1, 0.15) is 11.3 Å². The van der Waals surface area contributed by atoms with E-state index >= 15 is 0 Å². The highest BCUT2D eigenvalue weighted by atomic mass is 32.2. The Balaban J connectivity index is 1.53. The second-order valence-corrected chi connectivity index (χ2v) is 9.28. The van der Waals surface area contributed by atoms with Crippen LogP contribution in [0.4, 0.5) is 4.39 Å². The normalized spacial score (nSPS) is 17.7. The number of fused-ring (bicyclic) bond motifs is 1. The van der Waals surface area contributed by atoms with Gasteiger partial charge in [-0.15, -0.1) is 0 Å². The zero-order valence-corrected chi connectivity index (χ0v) is 17.0. The lowest BCUT2D eigenvalue weighted by atomic mass is 10.2. The summed E-state index contributed by atoms with van der Waals surface area (Å²) in [5.41, 5.74) is 1.71. The lowest BCUT2D eigenvalue weighted by molar-refractivity contribution is 0.453. The highest BCUT2D eigenvalue weighted by Crippen LogP contribution is 2.34. The van der Waals surface area contributed by atoms with E-state index in [-0.39, 0.29) is 17.5 Å². The monoisotopic (exact) mass is 426 g/mol. The standard InChI is InChI=1S/C21H19FN4O3S/c1-14-12-16(6-7-17(14)22)30(27,28)25-10-8-15(13-25)26-20-18(4-2-9-23-20)24-21(26)19-5-3-11-29-19/h2-7,9,11-12,15H,8,10,13H2,1H3/t15-/m1/s1. The maximum absolute atomic E-state index is 13.6. The first kappa shape index (κ1) is 19.0. The van der Waals surface area contributed by atoms with Crippen LogP contribution in [0.25, 0.3) is 22.7 Å². The molecule has 154 valence electrons. The molecule has 1 saturated heterocycles. The molecule has 1 aliphatic heterocycles. The average Bonchev–Trinajstić information content (AvgIpc) is 3.48. The smallest absolute Gasteiger partial charge is 0.243 e. The molecule has 1 fully saturated rings. The quantitative estimate of drug-likeness (QED) is 0.496. The Morgan fingerprint density at radius 3 is 2.83 bits per heavy atom. The number of hydrogen-bond donors (Lipinski definition) is 0. The molecule has 1 aliphatic rings. The highest BCUT2D eigenvalue weighted by Gasteiger charge is 2.35. The molecule has 0 spiro atoms. The molecule has 0 unspecified atom stereocenters. The third-order valence-corrected chi connectivity index (χ3v) is 7.31. The van der Waals surface area contributed by atoms with Crippen molar-refractivity contribution >= 4 is 21.2 Å². The van der Waals surface area contributed by atoms with Gasteiger partial charge < -0.3 is 8.98 Å². The third-order valence-electron chi connectivity index (χ3n) is 5.45. The number of benzene rings is 1. The number of rotatable bonds is 4. The molecule has 5 rings (SSSR count). The van der Waals surface area contributed by atoms with Gasteiger partial charge in [-0.05, 0) is 61.4 Å². The number of nitrogens with zero attached hydrogens (tertiary/aromatic N) is 4. The SMILES string of the molecule is Cc1cc(S(=O)(=O)N2CC[C@@H](n3c(-c4ccco4)nc4cccnc43)C2)ccc1F. The minimum absolute atomic E-state index is 0.0990. The molecular weight excluding hydrogens is 407 g/mol. The van der Waals surface area contributed by atoms with Gasteiger partial charge in [-0.25, -0.2) is 22.8 Å². The number of aryl methyl sites for hydroxylation is 1. The van der Waals surface area contributed by atoms with E-state index in [1.54, 1.807) is 25.5 Å². The van der Waals surface area contributed by atoms with E-state index in [0.29, 0.717) is 35.8 Å². The molecular formula is C21H19FN4O3S. The fourth-order valence-electron chi connectivity index (χ4n) is 3.92. The topological polar surface area (TPSA) is 81.2 Å². The Morgan fingerprint density at radius 1 is 1.20 bits per heavy atom. The van der Waals surface area contributed by atoms with Crippen LogP contribution in [0.1, 0.15) is 18.0 Å². The van der Waals surface area contributed by atoms with Gasteiger partial charge in [0.15, 0.2) is 17.2 Å². The minimum Gasteiger partial charge on any atom is -0.461 e. The van der Waals surface area contributed by atoms with Crippen molar-refractivity contribution in [2.75, 3.05) is 13.1 Å². The maximum atomic E-state index is 13.6. The summed E-state index contributed by atoms with van der Waals surface area (Å²) in [6, 6.07) is 11.0. The minimum atomic E-state index is -3.73. The van der Waals surface area contributed by atoms with E-state index in [9.17, 15) is 12.8 Å². The van der Waals surface area contributed by atoms with Gasteiger partial charge in [-0.2, -0.15) is 4.31 Å². The van der Waals surface area contributed by atoms with Crippen molar-refractivity contribution in [1.29, 1.82) is 0 Å². The molecule has 1 aromatic carbocycles. The number of halogens is 1. The van der Waals surface area contributed by atoms with Gasteiger partial charge in [0.05, 0.1) is 17.2 Å². The van der Waals surface area contributed by atoms with E-state index in [1.165, 1.54) is 22.5 Å². The molecule has 0 amide bonds. The number of furan rings is 1. The first-order valence-corrected chi connectivity index (χ1v) is 11.0. The molecule has 0 aliphatic carbocycles. The van der Waals surface area contributed by atoms with Crippen molar-refractivity contribution in [2.24, 2.45) is 0 Å². The van der Waals surface area contributed by atoms with E-state index in [2.05, 4.69) is 9.97 Å². The Bertz CT molecular complexity index is 1330. The molecule has 4 heterocycles. The summed E-state index contributed by atoms with van der Waals surface area (Å²) in [6.07, 6.45) is 3.88. The van der Waals surface area contributed by atoms with E-state index in [4.69, 9.17) is 4.42 Å². The third kappa shape index (κ3) is 3.01. The number of imidazole rings is 1. The van der Waals surface area contributed by atoms with Crippen LogP contribution in [0.3, 0.4) is 0 Å². The summed E-state index contributed by atoms with van der Waals surface area (Å²) in [7, 11) is -3.73. The summed E-state index contributed by atoms with van der Waals surface area (Å²) in [4.78, 5) is 9.23. The Hall–Kier alpha value is -3.04. The molecule has 4 aromatic rings. The van der Waals surface area contributed by atoms with E-state index in [0.717, 1.165) is 5.52 Å². The zero-order valence-electron chi connectivity index (χ0n) is 16.2. The number of aromatic nitrogens is 3. The molecule has 3 aromatic heterocycles. The number of sulfonamides is 1. The Morgan fingerprint density at radius 2 is 2.07 bits per heavy atom. The molecule has 9 heteroatoms. The lowest BCUT2D eigenvalue weighted by Crippen LogP contribution is -2.29. The molecule has 0 radical (unpaired) electrons. The zero-order chi connectivity index (χ0) is 20.9. The number of hydrogen-bond acceptors (Lipinski definition) is 5. The molecule has 0 bridgehead atoms. The van der Waals surface area contributed by atoms with Crippen LogP contribution < -0.4 is 0 Å². The predicted octanol–water partition coefficient (Wildman–Crippen LogP) is 3.77.